The Morgan fingerprint density at radius 1 is 0.735 bits per heavy atom. The van der Waals surface area contributed by atoms with Crippen LogP contribution >= 0.6 is 23.2 Å². The van der Waals surface area contributed by atoms with E-state index in [1.54, 1.807) is 12.1 Å². The van der Waals surface area contributed by atoms with Crippen LogP contribution < -0.4 is 25.8 Å². The number of anilines is 3. The predicted octanol–water partition coefficient (Wildman–Crippen LogP) is 9.61. The van der Waals surface area contributed by atoms with Crippen LogP contribution in [0.2, 0.25) is 10.3 Å². The Balaban J connectivity index is 0.000000289. The number of carbonyl (C=O) groups is 1. The third kappa shape index (κ3) is 16.1. The molecule has 0 aliphatic carbocycles. The van der Waals surface area contributed by atoms with Crippen molar-refractivity contribution in [2.45, 2.75) is 52.3 Å². The molecule has 4 N–H and O–H groups in total. The van der Waals surface area contributed by atoms with Gasteiger partial charge in [0, 0.05) is 11.4 Å². The summed E-state index contributed by atoms with van der Waals surface area (Å²) in [5, 5.41) is 7.96. The highest BCUT2D eigenvalue weighted by atomic mass is 35.5. The van der Waals surface area contributed by atoms with Crippen LogP contribution in [0.3, 0.4) is 0 Å². The number of ether oxygens (including phenoxy) is 2. The lowest BCUT2D eigenvalue weighted by Crippen LogP contribution is -2.21. The van der Waals surface area contributed by atoms with Gasteiger partial charge in [-0.05, 0) is 77.7 Å². The summed E-state index contributed by atoms with van der Waals surface area (Å²) in [6, 6.07) is 11.6. The molecule has 2 heterocycles. The molecule has 264 valence electrons. The first-order chi connectivity index (χ1) is 22.7. The minimum absolute atomic E-state index is 0.0192. The van der Waals surface area contributed by atoms with Gasteiger partial charge in [0.2, 0.25) is 11.9 Å². The lowest BCUT2D eigenvalue weighted by Gasteiger charge is -2.11. The highest BCUT2D eigenvalue weighted by molar-refractivity contribution is 6.29. The van der Waals surface area contributed by atoms with Crippen molar-refractivity contribution in [3.05, 3.63) is 87.3 Å². The molecule has 0 aliphatic heterocycles. The van der Waals surface area contributed by atoms with Gasteiger partial charge in [0.25, 0.3) is 0 Å². The number of nitrogens with zero attached hydrogens (tertiary/aromatic N) is 5. The van der Waals surface area contributed by atoms with Crippen LogP contribution in [-0.4, -0.2) is 38.7 Å². The van der Waals surface area contributed by atoms with Crippen molar-refractivity contribution in [3.63, 3.8) is 0 Å². The zero-order valence-corrected chi connectivity index (χ0v) is 27.4. The maximum atomic E-state index is 12.1. The van der Waals surface area contributed by atoms with E-state index in [0.717, 1.165) is 42.1 Å². The van der Waals surface area contributed by atoms with Gasteiger partial charge in [-0.2, -0.15) is 0 Å². The number of hydrogen-bond acceptors (Lipinski definition) is 10. The molecule has 0 spiro atoms. The van der Waals surface area contributed by atoms with Crippen molar-refractivity contribution in [2.75, 3.05) is 16.4 Å². The number of nitrogens with one attached hydrogen (secondary N) is 2. The summed E-state index contributed by atoms with van der Waals surface area (Å²) in [5.41, 5.74) is 7.24. The molecule has 4 aromatic rings. The Hall–Kier alpha value is -4.97. The average molecular weight is 737 g/mol. The number of hydrogen-bond donors (Lipinski definition) is 3. The molecule has 2 amide bonds. The fraction of sp³-hybridized carbons (Fsp3) is 0.276. The van der Waals surface area contributed by atoms with E-state index in [1.165, 1.54) is 12.1 Å². The van der Waals surface area contributed by atoms with Crippen molar-refractivity contribution >= 4 is 52.5 Å². The van der Waals surface area contributed by atoms with Gasteiger partial charge in [0.1, 0.15) is 27.5 Å². The van der Waals surface area contributed by atoms with E-state index in [2.05, 4.69) is 45.2 Å². The summed E-state index contributed by atoms with van der Waals surface area (Å²) in [6.07, 6.45) is -9.49. The van der Waals surface area contributed by atoms with Gasteiger partial charge >= 0.3 is 18.8 Å². The molecule has 0 aliphatic rings. The van der Waals surface area contributed by atoms with Crippen molar-refractivity contribution in [1.82, 2.24) is 19.9 Å². The highest BCUT2D eigenvalue weighted by Crippen LogP contribution is 2.26. The Bertz CT molecular complexity index is 1660. The monoisotopic (exact) mass is 736 g/mol. The molecule has 0 radical (unpaired) electrons. The fourth-order valence-corrected chi connectivity index (χ4v) is 3.64. The molecule has 49 heavy (non-hydrogen) atoms. The minimum atomic E-state index is -4.77. The van der Waals surface area contributed by atoms with Crippen LogP contribution in [0, 0.1) is 4.91 Å². The molecule has 0 saturated heterocycles. The molecule has 0 bridgehead atoms. The maximum Gasteiger partial charge on any atom is 0.573 e. The van der Waals surface area contributed by atoms with E-state index in [-0.39, 0.29) is 40.1 Å². The van der Waals surface area contributed by atoms with Crippen LogP contribution in [0.4, 0.5) is 54.4 Å². The van der Waals surface area contributed by atoms with Crippen LogP contribution in [0.25, 0.3) is 0 Å². The zero-order valence-electron chi connectivity index (χ0n) is 25.9. The van der Waals surface area contributed by atoms with Gasteiger partial charge in [-0.15, -0.1) is 31.2 Å². The molecule has 4 rings (SSSR count). The molecule has 2 aromatic heterocycles. The predicted molar refractivity (Wildman–Crippen MR) is 171 cm³/mol. The zero-order chi connectivity index (χ0) is 36.9. The van der Waals surface area contributed by atoms with E-state index >= 15 is 0 Å². The second-order valence-electron chi connectivity index (χ2n) is 10.0. The second kappa shape index (κ2) is 18.0. The summed E-state index contributed by atoms with van der Waals surface area (Å²) in [6.45, 7) is 7.87. The van der Waals surface area contributed by atoms with Gasteiger partial charge in [-0.1, -0.05) is 50.9 Å². The first-order valence-electron chi connectivity index (χ1n) is 13.7. The number of nitrogen functional groups attached to an aromatic ring is 1. The van der Waals surface area contributed by atoms with Gasteiger partial charge in [0.05, 0.1) is 5.69 Å². The van der Waals surface area contributed by atoms with Gasteiger partial charge in [0.15, 0.2) is 0 Å². The topological polar surface area (TPSA) is 167 Å². The Kier molecular flexibility index (Phi) is 14.7. The summed E-state index contributed by atoms with van der Waals surface area (Å²) in [7, 11) is 0. The maximum absolute atomic E-state index is 12.1. The third-order valence-corrected chi connectivity index (χ3v) is 5.76. The van der Waals surface area contributed by atoms with Crippen molar-refractivity contribution in [1.29, 1.82) is 0 Å². The highest BCUT2D eigenvalue weighted by Gasteiger charge is 2.31. The smallest absolute Gasteiger partial charge is 0.406 e. The largest absolute Gasteiger partial charge is 0.573 e. The number of alkyl halides is 6. The van der Waals surface area contributed by atoms with E-state index in [0.29, 0.717) is 16.8 Å². The molecular formula is C29H28Cl2F6N8O4. The number of rotatable bonds is 7. The van der Waals surface area contributed by atoms with Crippen LogP contribution in [0.1, 0.15) is 50.9 Å². The van der Waals surface area contributed by atoms with Crippen molar-refractivity contribution in [3.8, 4) is 11.5 Å². The number of amides is 2. The minimum Gasteiger partial charge on any atom is -0.406 e. The SMILES string of the molecule is CC(C)c1cc(Cl)nc(N)n1.CC(C)c1cc(Cl)nc(NC(=O)Nc2ccc(OC(F)(F)F)cc2)n1.O=Nc1ccc(OC(F)(F)F)cc1. The van der Waals surface area contributed by atoms with E-state index < -0.39 is 24.5 Å². The van der Waals surface area contributed by atoms with Crippen molar-refractivity contribution in [2.24, 2.45) is 5.18 Å². The number of aromatic nitrogens is 4. The van der Waals surface area contributed by atoms with Crippen LogP contribution in [-0.2, 0) is 0 Å². The number of carbonyl (C=O) groups excluding carboxylic acids is 1. The lowest BCUT2D eigenvalue weighted by atomic mass is 10.1. The molecule has 0 saturated carbocycles. The fourth-order valence-electron chi connectivity index (χ4n) is 3.25. The Labute approximate surface area is 285 Å². The van der Waals surface area contributed by atoms with Crippen molar-refractivity contribution < 1.29 is 40.6 Å². The number of benzene rings is 2. The normalized spacial score (nSPS) is 11.1. The molecular weight excluding hydrogens is 709 g/mol. The third-order valence-electron chi connectivity index (χ3n) is 5.38. The molecule has 12 nitrogen and oxygen atoms in total. The summed E-state index contributed by atoms with van der Waals surface area (Å²) in [5.74, 6) is -0.0897. The van der Waals surface area contributed by atoms with Gasteiger partial charge < -0.3 is 20.5 Å². The van der Waals surface area contributed by atoms with E-state index in [1.807, 2.05) is 27.7 Å². The van der Waals surface area contributed by atoms with E-state index in [4.69, 9.17) is 28.9 Å². The lowest BCUT2D eigenvalue weighted by molar-refractivity contribution is -0.275. The number of nitrogens with two attached hydrogens (primary N) is 1. The van der Waals surface area contributed by atoms with Gasteiger partial charge in [-0.3, -0.25) is 5.32 Å². The first kappa shape index (κ1) is 40.2. The molecule has 0 atom stereocenters. The first-order valence-corrected chi connectivity index (χ1v) is 14.5. The molecule has 0 unspecified atom stereocenters. The van der Waals surface area contributed by atoms with Crippen LogP contribution in [0.15, 0.2) is 65.8 Å². The van der Waals surface area contributed by atoms with Gasteiger partial charge in [-0.25, -0.2) is 24.7 Å². The summed E-state index contributed by atoms with van der Waals surface area (Å²) < 4.78 is 78.4. The number of nitroso groups, excluding NO2 is 1. The molecule has 20 heteroatoms. The van der Waals surface area contributed by atoms with Crippen LogP contribution in [0.5, 0.6) is 11.5 Å². The molecule has 2 aromatic carbocycles. The Morgan fingerprint density at radius 3 is 1.61 bits per heavy atom. The number of halogens is 8. The second-order valence-corrected chi connectivity index (χ2v) is 10.8. The standard InChI is InChI=1S/C15H14ClF3N4O2.C7H10ClN3.C7H4F3NO2/c1-8(2)11-7-12(16)22-13(21-11)23-14(24)20-9-3-5-10(6-4-9)25-15(17,18)19;1-4(2)5-3-6(8)11-7(9)10-5;8-7(9,10)13-6-3-1-5(11-12)2-4-6/h3-8H,1-2H3,(H2,20,21,22,23,24);3-4H,1-2H3,(H2,9,10,11);1-4H. The number of urea groups is 1. The quantitative estimate of drug-likeness (QED) is 0.0951. The van der Waals surface area contributed by atoms with E-state index in [9.17, 15) is 36.0 Å². The summed E-state index contributed by atoms with van der Waals surface area (Å²) >= 11 is 11.5. The Morgan fingerprint density at radius 2 is 1.18 bits per heavy atom. The average Bonchev–Trinajstić information content (AvgIpc) is 2.97. The molecule has 0 fully saturated rings. The summed E-state index contributed by atoms with van der Waals surface area (Å²) in [4.78, 5) is 37.6.